The maximum Gasteiger partial charge on any atom is 0.330 e. The van der Waals surface area contributed by atoms with Crippen molar-refractivity contribution in [2.45, 2.75) is 154 Å². The van der Waals surface area contributed by atoms with Crippen LogP contribution >= 0.6 is 20.2 Å². The molecule has 11 nitrogen and oxygen atoms in total. The Morgan fingerprint density at radius 2 is 1.69 bits per heavy atom. The first-order chi connectivity index (χ1) is 26.3. The van der Waals surface area contributed by atoms with Gasteiger partial charge in [-0.2, -0.15) is 5.26 Å². The van der Waals surface area contributed by atoms with Crippen molar-refractivity contribution < 1.29 is 28.2 Å². The summed E-state index contributed by atoms with van der Waals surface area (Å²) in [5.41, 5.74) is 8.00. The highest BCUT2D eigenvalue weighted by Gasteiger charge is 2.38. The molecule has 1 saturated heterocycles. The first-order valence-electron chi connectivity index (χ1n) is 20.1. The molecule has 3 rings (SSSR count). The van der Waals surface area contributed by atoms with Crippen LogP contribution < -0.4 is 5.73 Å². The van der Waals surface area contributed by atoms with E-state index in [0.717, 1.165) is 43.3 Å². The van der Waals surface area contributed by atoms with Crippen molar-refractivity contribution in [3.05, 3.63) is 57.9 Å². The standard InChI is InChI=1S/C41H65ClN5O6P/c1-3-4-5-6-7-8-9-10-11-12-13-14-15-16-17-18-25-49-29-35(50-28-33-19-20-34(27-43)36(42)26-33)30-51-54(48)52-31-41(2)24-23-39(53-41)37-21-22-38(47-37)40(45)46-32-44/h19-22,26,32,35,39,47-48H,3-18,23-25,28-31H2,1-2H3,(H3,44,45,46)/t35?,39?,41-,54?/m0/s1. The van der Waals surface area contributed by atoms with Gasteiger partial charge in [-0.1, -0.05) is 121 Å². The molecular formula is C41H65ClN5O6P. The Morgan fingerprint density at radius 1 is 1.04 bits per heavy atom. The molecule has 1 aliphatic heterocycles. The highest BCUT2D eigenvalue weighted by molar-refractivity contribution is 7.40. The normalized spacial score (nSPS) is 18.5. The number of rotatable bonds is 31. The number of unbranched alkanes of at least 4 members (excludes halogenated alkanes) is 15. The number of amidine groups is 1. The van der Waals surface area contributed by atoms with Crippen LogP contribution in [0.2, 0.25) is 5.02 Å². The predicted octanol–water partition coefficient (Wildman–Crippen LogP) is 10.6. The fraction of sp³-hybridized carbons (Fsp3) is 0.683. The van der Waals surface area contributed by atoms with Crippen molar-refractivity contribution in [2.75, 3.05) is 26.4 Å². The molecule has 1 aromatic heterocycles. The number of aromatic nitrogens is 1. The van der Waals surface area contributed by atoms with E-state index in [1.54, 1.807) is 12.1 Å². The van der Waals surface area contributed by atoms with Crippen molar-refractivity contribution in [2.24, 2.45) is 10.7 Å². The number of aliphatic imine (C=N–C) groups is 1. The Hall–Kier alpha value is -2.39. The maximum atomic E-state index is 10.6. The molecule has 0 aliphatic carbocycles. The van der Waals surface area contributed by atoms with Crippen molar-refractivity contribution in [3.8, 4) is 6.07 Å². The van der Waals surface area contributed by atoms with Gasteiger partial charge in [-0.3, -0.25) is 5.41 Å². The van der Waals surface area contributed by atoms with E-state index in [-0.39, 0.29) is 31.8 Å². The first-order valence-corrected chi connectivity index (χ1v) is 21.6. The third kappa shape index (κ3) is 18.5. The van der Waals surface area contributed by atoms with Gasteiger partial charge in [0.05, 0.1) is 54.4 Å². The smallest absolute Gasteiger partial charge is 0.330 e. The van der Waals surface area contributed by atoms with Crippen molar-refractivity contribution in [1.29, 1.82) is 10.7 Å². The second-order valence-electron chi connectivity index (χ2n) is 14.6. The molecule has 1 aromatic carbocycles. The molecule has 0 bridgehead atoms. The summed E-state index contributed by atoms with van der Waals surface area (Å²) in [5.74, 6) is 0.233. The Balaban J connectivity index is 1.32. The topological polar surface area (TPSA) is 168 Å². The van der Waals surface area contributed by atoms with Crippen LogP contribution in [0.15, 0.2) is 35.3 Å². The van der Waals surface area contributed by atoms with Gasteiger partial charge in [-0.05, 0) is 56.0 Å². The minimum Gasteiger partial charge on any atom is -0.382 e. The number of ether oxygens (including phenoxy) is 3. The zero-order valence-electron chi connectivity index (χ0n) is 32.7. The number of nitrogens with zero attached hydrogens (tertiary/aromatic N) is 2. The summed E-state index contributed by atoms with van der Waals surface area (Å²) in [5, 5.41) is 16.7. The average Bonchev–Trinajstić information content (AvgIpc) is 3.82. The zero-order chi connectivity index (χ0) is 38.9. The van der Waals surface area contributed by atoms with Gasteiger partial charge in [0.15, 0.2) is 0 Å². The fourth-order valence-electron chi connectivity index (χ4n) is 6.55. The monoisotopic (exact) mass is 789 g/mol. The van der Waals surface area contributed by atoms with E-state index >= 15 is 0 Å². The molecule has 5 N–H and O–H groups in total. The molecular weight excluding hydrogens is 725 g/mol. The lowest BCUT2D eigenvalue weighted by molar-refractivity contribution is -0.0657. The van der Waals surface area contributed by atoms with Crippen LogP contribution in [0.5, 0.6) is 0 Å². The number of nitrogens with one attached hydrogen (secondary N) is 2. The van der Waals surface area contributed by atoms with E-state index < -0.39 is 20.3 Å². The number of hydrogen-bond donors (Lipinski definition) is 4. The molecule has 54 heavy (non-hydrogen) atoms. The summed E-state index contributed by atoms with van der Waals surface area (Å²) >= 11 is 6.23. The molecule has 1 aliphatic rings. The summed E-state index contributed by atoms with van der Waals surface area (Å²) in [4.78, 5) is 17.7. The van der Waals surface area contributed by atoms with Gasteiger partial charge in [-0.15, -0.1) is 0 Å². The Bertz CT molecular complexity index is 1410. The minimum absolute atomic E-state index is 0.0787. The van der Waals surface area contributed by atoms with Crippen LogP contribution in [0, 0.1) is 16.7 Å². The van der Waals surface area contributed by atoms with Gasteiger partial charge in [-0.25, -0.2) is 4.99 Å². The summed E-state index contributed by atoms with van der Waals surface area (Å²) in [6.45, 7) is 5.64. The first kappa shape index (κ1) is 46.0. The molecule has 302 valence electrons. The van der Waals surface area contributed by atoms with Crippen molar-refractivity contribution in [1.82, 2.24) is 4.98 Å². The van der Waals surface area contributed by atoms with Gasteiger partial charge in [0.1, 0.15) is 24.3 Å². The van der Waals surface area contributed by atoms with Gasteiger partial charge < -0.3 is 38.9 Å². The number of benzene rings is 1. The minimum atomic E-state index is -2.19. The molecule has 0 amide bonds. The second-order valence-corrected chi connectivity index (χ2v) is 16.0. The summed E-state index contributed by atoms with van der Waals surface area (Å²) in [7, 11) is -2.19. The lowest BCUT2D eigenvalue weighted by atomic mass is 10.0. The lowest BCUT2D eigenvalue weighted by Gasteiger charge is -2.26. The molecule has 1 fully saturated rings. The molecule has 4 atom stereocenters. The molecule has 2 aromatic rings. The fourth-order valence-corrected chi connectivity index (χ4v) is 7.55. The van der Waals surface area contributed by atoms with Gasteiger partial charge in [0.2, 0.25) is 0 Å². The Labute approximate surface area is 330 Å². The number of nitriles is 1. The van der Waals surface area contributed by atoms with E-state index in [2.05, 4.69) is 23.0 Å². The molecule has 3 unspecified atom stereocenters. The number of H-pyrrole nitrogens is 1. The third-order valence-electron chi connectivity index (χ3n) is 9.83. The molecule has 0 spiro atoms. The number of nitrogens with two attached hydrogens (primary N) is 1. The molecule has 2 heterocycles. The average molecular weight is 790 g/mol. The van der Waals surface area contributed by atoms with E-state index in [4.69, 9.17) is 46.0 Å². The quantitative estimate of drug-likeness (QED) is 0.0253. The molecule has 13 heteroatoms. The van der Waals surface area contributed by atoms with Crippen LogP contribution in [0.3, 0.4) is 0 Å². The zero-order valence-corrected chi connectivity index (χ0v) is 34.3. The van der Waals surface area contributed by atoms with Gasteiger partial charge in [0, 0.05) is 12.3 Å². The van der Waals surface area contributed by atoms with Crippen LogP contribution in [0.1, 0.15) is 158 Å². The molecule has 0 saturated carbocycles. The highest BCUT2D eigenvalue weighted by atomic mass is 35.5. The predicted molar refractivity (Wildman–Crippen MR) is 218 cm³/mol. The van der Waals surface area contributed by atoms with E-state index in [0.29, 0.717) is 29.5 Å². The Morgan fingerprint density at radius 3 is 2.30 bits per heavy atom. The highest BCUT2D eigenvalue weighted by Crippen LogP contribution is 2.42. The Kier molecular flexibility index (Phi) is 23.2. The van der Waals surface area contributed by atoms with Crippen LogP contribution in [-0.2, 0) is 29.9 Å². The number of halogens is 1. The van der Waals surface area contributed by atoms with Crippen molar-refractivity contribution in [3.63, 3.8) is 0 Å². The summed E-state index contributed by atoms with van der Waals surface area (Å²) in [6, 6.07) is 11.0. The van der Waals surface area contributed by atoms with Crippen LogP contribution in [0.25, 0.3) is 0 Å². The van der Waals surface area contributed by atoms with Gasteiger partial charge in [0.25, 0.3) is 0 Å². The van der Waals surface area contributed by atoms with Crippen LogP contribution in [0.4, 0.5) is 0 Å². The maximum absolute atomic E-state index is 10.6. The largest absolute Gasteiger partial charge is 0.382 e. The SMILES string of the molecule is CCCCCCCCCCCCCCCCCCOCC(COP(O)OC[C@]1(C)CCC(c2ccc(C(N)=NC=N)[nH]2)O1)OCc1ccc(C#N)c(Cl)c1. The third-order valence-corrected chi connectivity index (χ3v) is 10.9. The van der Waals surface area contributed by atoms with Crippen LogP contribution in [-0.4, -0.2) is 60.2 Å². The number of aromatic amines is 1. The second kappa shape index (κ2) is 27.2. The van der Waals surface area contributed by atoms with Gasteiger partial charge >= 0.3 is 8.60 Å². The van der Waals surface area contributed by atoms with Crippen molar-refractivity contribution >= 4 is 32.4 Å². The van der Waals surface area contributed by atoms with E-state index in [1.165, 1.54) is 89.9 Å². The summed E-state index contributed by atoms with van der Waals surface area (Å²) in [6.07, 6.45) is 22.9. The molecule has 0 radical (unpaired) electrons. The van der Waals surface area contributed by atoms with E-state index in [1.807, 2.05) is 25.1 Å². The summed E-state index contributed by atoms with van der Waals surface area (Å²) < 4.78 is 29.9. The van der Waals surface area contributed by atoms with E-state index in [9.17, 15) is 10.2 Å². The number of hydrogen-bond acceptors (Lipinski definition) is 8. The lowest BCUT2D eigenvalue weighted by Crippen LogP contribution is -2.30.